The number of hydrogen-bond donors (Lipinski definition) is 2. The standard InChI is InChI=1S/C11H25NO/c1-5-6-10(4)12-11(7-8-13)9(2)3/h9-13H,5-8H2,1-4H3. The van der Waals surface area contributed by atoms with E-state index in [0.717, 1.165) is 6.42 Å². The molecule has 2 heteroatoms. The molecule has 0 aliphatic heterocycles. The van der Waals surface area contributed by atoms with Gasteiger partial charge in [-0.25, -0.2) is 0 Å². The molecule has 0 aromatic carbocycles. The van der Waals surface area contributed by atoms with E-state index < -0.39 is 0 Å². The molecule has 2 atom stereocenters. The summed E-state index contributed by atoms with van der Waals surface area (Å²) in [5.41, 5.74) is 0. The van der Waals surface area contributed by atoms with Crippen LogP contribution < -0.4 is 5.32 Å². The Labute approximate surface area is 82.7 Å². The third kappa shape index (κ3) is 6.05. The van der Waals surface area contributed by atoms with Crippen molar-refractivity contribution in [2.75, 3.05) is 6.61 Å². The summed E-state index contributed by atoms with van der Waals surface area (Å²) in [4.78, 5) is 0. The Kier molecular flexibility index (Phi) is 7.29. The molecule has 0 saturated heterocycles. The van der Waals surface area contributed by atoms with Crippen LogP contribution in [0.15, 0.2) is 0 Å². The van der Waals surface area contributed by atoms with E-state index in [9.17, 15) is 0 Å². The molecule has 0 radical (unpaired) electrons. The van der Waals surface area contributed by atoms with Crippen LogP contribution in [0.25, 0.3) is 0 Å². The highest BCUT2D eigenvalue weighted by Gasteiger charge is 2.14. The van der Waals surface area contributed by atoms with Gasteiger partial charge in [0.25, 0.3) is 0 Å². The molecule has 0 saturated carbocycles. The summed E-state index contributed by atoms with van der Waals surface area (Å²) in [5, 5.41) is 12.4. The minimum atomic E-state index is 0.286. The van der Waals surface area contributed by atoms with E-state index >= 15 is 0 Å². The Hall–Kier alpha value is -0.0800. The third-order valence-corrected chi connectivity index (χ3v) is 2.47. The molecule has 0 aliphatic rings. The van der Waals surface area contributed by atoms with Crippen LogP contribution >= 0.6 is 0 Å². The molecular weight excluding hydrogens is 162 g/mol. The van der Waals surface area contributed by atoms with Gasteiger partial charge in [0, 0.05) is 18.7 Å². The van der Waals surface area contributed by atoms with Gasteiger partial charge in [-0.1, -0.05) is 27.2 Å². The molecule has 0 spiro atoms. The van der Waals surface area contributed by atoms with E-state index in [4.69, 9.17) is 5.11 Å². The maximum Gasteiger partial charge on any atom is 0.0445 e. The van der Waals surface area contributed by atoms with Crippen LogP contribution in [-0.4, -0.2) is 23.8 Å². The first-order valence-electron chi connectivity index (χ1n) is 5.48. The van der Waals surface area contributed by atoms with Crippen LogP contribution in [0.5, 0.6) is 0 Å². The van der Waals surface area contributed by atoms with Crippen molar-refractivity contribution in [3.63, 3.8) is 0 Å². The highest BCUT2D eigenvalue weighted by atomic mass is 16.3. The van der Waals surface area contributed by atoms with Crippen molar-refractivity contribution in [3.8, 4) is 0 Å². The quantitative estimate of drug-likeness (QED) is 0.640. The summed E-state index contributed by atoms with van der Waals surface area (Å²) in [6, 6.07) is 1.04. The minimum absolute atomic E-state index is 0.286. The van der Waals surface area contributed by atoms with Gasteiger partial charge in [-0.3, -0.25) is 0 Å². The molecule has 0 aromatic heterocycles. The fourth-order valence-corrected chi connectivity index (χ4v) is 1.63. The van der Waals surface area contributed by atoms with Crippen molar-refractivity contribution in [1.82, 2.24) is 5.32 Å². The van der Waals surface area contributed by atoms with Crippen molar-refractivity contribution < 1.29 is 5.11 Å². The normalized spacial score (nSPS) is 16.2. The molecule has 80 valence electrons. The second-order valence-corrected chi connectivity index (χ2v) is 4.22. The maximum atomic E-state index is 8.89. The van der Waals surface area contributed by atoms with Gasteiger partial charge >= 0.3 is 0 Å². The summed E-state index contributed by atoms with van der Waals surface area (Å²) < 4.78 is 0. The number of hydrogen-bond acceptors (Lipinski definition) is 2. The van der Waals surface area contributed by atoms with Gasteiger partial charge in [-0.15, -0.1) is 0 Å². The van der Waals surface area contributed by atoms with Gasteiger partial charge in [0.05, 0.1) is 0 Å². The molecule has 0 amide bonds. The van der Waals surface area contributed by atoms with Crippen molar-refractivity contribution >= 4 is 0 Å². The molecular formula is C11H25NO. The van der Waals surface area contributed by atoms with Gasteiger partial charge in [-0.05, 0) is 25.7 Å². The lowest BCUT2D eigenvalue weighted by molar-refractivity contribution is 0.235. The van der Waals surface area contributed by atoms with Gasteiger partial charge in [0.1, 0.15) is 0 Å². The molecule has 0 bridgehead atoms. The van der Waals surface area contributed by atoms with Crippen molar-refractivity contribution in [3.05, 3.63) is 0 Å². The second kappa shape index (κ2) is 7.34. The van der Waals surface area contributed by atoms with Crippen molar-refractivity contribution in [2.45, 2.75) is 59.0 Å². The van der Waals surface area contributed by atoms with Crippen LogP contribution in [0.2, 0.25) is 0 Å². The van der Waals surface area contributed by atoms with E-state index in [1.54, 1.807) is 0 Å². The smallest absolute Gasteiger partial charge is 0.0445 e. The monoisotopic (exact) mass is 187 g/mol. The van der Waals surface area contributed by atoms with E-state index in [0.29, 0.717) is 18.0 Å². The van der Waals surface area contributed by atoms with E-state index in [1.807, 2.05) is 0 Å². The molecule has 2 nitrogen and oxygen atoms in total. The van der Waals surface area contributed by atoms with Crippen LogP contribution in [0, 0.1) is 5.92 Å². The molecule has 0 fully saturated rings. The molecule has 0 rings (SSSR count). The van der Waals surface area contributed by atoms with Crippen molar-refractivity contribution in [1.29, 1.82) is 0 Å². The summed E-state index contributed by atoms with van der Waals surface area (Å²) in [6.45, 7) is 9.11. The average Bonchev–Trinajstić information content (AvgIpc) is 2.04. The van der Waals surface area contributed by atoms with Crippen LogP contribution in [0.3, 0.4) is 0 Å². The predicted octanol–water partition coefficient (Wildman–Crippen LogP) is 2.17. The minimum Gasteiger partial charge on any atom is -0.396 e. The summed E-state index contributed by atoms with van der Waals surface area (Å²) in [6.07, 6.45) is 3.30. The average molecular weight is 187 g/mol. The van der Waals surface area contributed by atoms with Crippen molar-refractivity contribution in [2.24, 2.45) is 5.92 Å². The lowest BCUT2D eigenvalue weighted by Crippen LogP contribution is -2.40. The molecule has 13 heavy (non-hydrogen) atoms. The van der Waals surface area contributed by atoms with Gasteiger partial charge in [-0.2, -0.15) is 0 Å². The first-order valence-corrected chi connectivity index (χ1v) is 5.48. The zero-order chi connectivity index (χ0) is 10.3. The zero-order valence-corrected chi connectivity index (χ0v) is 9.51. The van der Waals surface area contributed by atoms with Gasteiger partial charge in [0.2, 0.25) is 0 Å². The van der Waals surface area contributed by atoms with Gasteiger partial charge in [0.15, 0.2) is 0 Å². The Bertz CT molecular complexity index is 115. The Morgan fingerprint density at radius 1 is 1.15 bits per heavy atom. The Balaban J connectivity index is 3.79. The van der Waals surface area contributed by atoms with Gasteiger partial charge < -0.3 is 10.4 Å². The summed E-state index contributed by atoms with van der Waals surface area (Å²) in [5.74, 6) is 0.603. The Morgan fingerprint density at radius 2 is 1.77 bits per heavy atom. The van der Waals surface area contributed by atoms with Crippen LogP contribution in [0.4, 0.5) is 0 Å². The topological polar surface area (TPSA) is 32.3 Å². The lowest BCUT2D eigenvalue weighted by atomic mass is 10.00. The van der Waals surface area contributed by atoms with E-state index in [2.05, 4.69) is 33.0 Å². The number of nitrogens with one attached hydrogen (secondary N) is 1. The van der Waals surface area contributed by atoms with Crippen LogP contribution in [-0.2, 0) is 0 Å². The fraction of sp³-hybridized carbons (Fsp3) is 1.00. The third-order valence-electron chi connectivity index (χ3n) is 2.47. The molecule has 2 N–H and O–H groups in total. The predicted molar refractivity (Wildman–Crippen MR) is 57.8 cm³/mol. The van der Waals surface area contributed by atoms with Crippen LogP contribution in [0.1, 0.15) is 47.0 Å². The highest BCUT2D eigenvalue weighted by Crippen LogP contribution is 2.08. The number of rotatable bonds is 7. The highest BCUT2D eigenvalue weighted by molar-refractivity contribution is 4.73. The van der Waals surface area contributed by atoms with E-state index in [-0.39, 0.29) is 6.61 Å². The van der Waals surface area contributed by atoms with E-state index in [1.165, 1.54) is 12.8 Å². The molecule has 0 heterocycles. The zero-order valence-electron chi connectivity index (χ0n) is 9.51. The first kappa shape index (κ1) is 12.9. The largest absolute Gasteiger partial charge is 0.396 e. The molecule has 0 aromatic rings. The fourth-order valence-electron chi connectivity index (χ4n) is 1.63. The maximum absolute atomic E-state index is 8.89. The molecule has 0 aliphatic carbocycles. The first-order chi connectivity index (χ1) is 6.11. The molecule has 2 unspecified atom stereocenters. The number of aliphatic hydroxyl groups is 1. The number of aliphatic hydroxyl groups excluding tert-OH is 1. The summed E-state index contributed by atoms with van der Waals surface area (Å²) >= 11 is 0. The summed E-state index contributed by atoms with van der Waals surface area (Å²) in [7, 11) is 0. The second-order valence-electron chi connectivity index (χ2n) is 4.22. The lowest BCUT2D eigenvalue weighted by Gasteiger charge is -2.25. The Morgan fingerprint density at radius 3 is 2.15 bits per heavy atom. The SMILES string of the molecule is CCCC(C)NC(CCO)C(C)C.